The van der Waals surface area contributed by atoms with Gasteiger partial charge in [-0.25, -0.2) is 0 Å². The molecule has 0 saturated heterocycles. The van der Waals surface area contributed by atoms with Crippen molar-refractivity contribution >= 4 is 5.91 Å². The van der Waals surface area contributed by atoms with Gasteiger partial charge in [-0.3, -0.25) is 4.79 Å². The van der Waals surface area contributed by atoms with Gasteiger partial charge in [0.15, 0.2) is 0 Å². The van der Waals surface area contributed by atoms with Gasteiger partial charge >= 0.3 is 0 Å². The number of primary amides is 1. The number of rotatable bonds is 1. The molecule has 2 rings (SSSR count). The first-order chi connectivity index (χ1) is 6.27. The second-order valence-electron chi connectivity index (χ2n) is 2.94. The number of nitrogens with two attached hydrogens (primary N) is 1. The minimum Gasteiger partial charge on any atom is -0.366 e. The van der Waals surface area contributed by atoms with E-state index in [1.165, 1.54) is 0 Å². The third-order valence-electron chi connectivity index (χ3n) is 2.03. The van der Waals surface area contributed by atoms with E-state index in [0.717, 1.165) is 12.1 Å². The van der Waals surface area contributed by atoms with Gasteiger partial charge in [-0.05, 0) is 18.6 Å². The van der Waals surface area contributed by atoms with Crippen molar-refractivity contribution in [2.45, 2.75) is 6.42 Å². The Hall–Kier alpha value is -1.77. The second kappa shape index (κ2) is 2.94. The van der Waals surface area contributed by atoms with Crippen molar-refractivity contribution in [3.05, 3.63) is 48.0 Å². The number of carbonyl (C=O) groups is 1. The van der Waals surface area contributed by atoms with Crippen LogP contribution in [0.1, 0.15) is 6.42 Å². The van der Waals surface area contributed by atoms with Crippen molar-refractivity contribution in [2.75, 3.05) is 0 Å². The van der Waals surface area contributed by atoms with Crippen molar-refractivity contribution in [2.24, 2.45) is 5.73 Å². The normalized spacial score (nSPS) is 19.2. The van der Waals surface area contributed by atoms with Crippen LogP contribution in [0.5, 0.6) is 0 Å². The van der Waals surface area contributed by atoms with Gasteiger partial charge in [0.2, 0.25) is 5.91 Å². The number of carbonyl (C=O) groups excluding carboxylic acids is 1. The zero-order valence-corrected chi connectivity index (χ0v) is 7.10. The Balaban J connectivity index is 2.32. The fourth-order valence-electron chi connectivity index (χ4n) is 1.35. The summed E-state index contributed by atoms with van der Waals surface area (Å²) in [4.78, 5) is 12.8. The molecule has 0 radical (unpaired) electrons. The summed E-state index contributed by atoms with van der Waals surface area (Å²) in [6.45, 7) is 0. The van der Waals surface area contributed by atoms with Crippen LogP contribution >= 0.6 is 0 Å². The van der Waals surface area contributed by atoms with Gasteiger partial charge in [0.25, 0.3) is 0 Å². The van der Waals surface area contributed by atoms with Crippen molar-refractivity contribution in [3.8, 4) is 0 Å². The second-order valence-corrected chi connectivity index (χ2v) is 2.94. The highest BCUT2D eigenvalue weighted by Crippen LogP contribution is 2.20. The first kappa shape index (κ1) is 7.86. The quantitative estimate of drug-likeness (QED) is 0.645. The number of nitrogens with zero attached hydrogens (tertiary/aromatic N) is 1. The van der Waals surface area contributed by atoms with E-state index < -0.39 is 0 Å². The number of amides is 1. The van der Waals surface area contributed by atoms with Crippen LogP contribution in [-0.4, -0.2) is 10.8 Å². The Bertz CT molecular complexity index is 361. The molecule has 13 heavy (non-hydrogen) atoms. The summed E-state index contributed by atoms with van der Waals surface area (Å²) in [5.74, 6) is -0.383. The zero-order valence-electron chi connectivity index (χ0n) is 7.10. The van der Waals surface area contributed by atoms with Gasteiger partial charge in [0.1, 0.15) is 0 Å². The molecule has 2 N–H and O–H groups in total. The maximum Gasteiger partial charge on any atom is 0.248 e. The van der Waals surface area contributed by atoms with E-state index in [0.29, 0.717) is 5.57 Å². The Morgan fingerprint density at radius 2 is 2.31 bits per heavy atom. The van der Waals surface area contributed by atoms with Gasteiger partial charge < -0.3 is 10.6 Å². The Kier molecular flexibility index (Phi) is 1.77. The number of hydrogen-bond acceptors (Lipinski definition) is 2. The smallest absolute Gasteiger partial charge is 0.248 e. The Labute approximate surface area is 76.5 Å². The van der Waals surface area contributed by atoms with E-state index >= 15 is 0 Å². The van der Waals surface area contributed by atoms with Crippen LogP contribution in [0.25, 0.3) is 0 Å². The highest BCUT2D eigenvalue weighted by Gasteiger charge is 2.12. The molecule has 0 spiro atoms. The average Bonchev–Trinajstić information content (AvgIpc) is 2.17. The summed E-state index contributed by atoms with van der Waals surface area (Å²) >= 11 is 0. The molecule has 0 bridgehead atoms. The standard InChI is InChI=1S/C10H10N2O/c11-10(13)8-4-6-12-5-2-1-3-9(12)7-8/h2-7H,1H2,(H2,11,13). The first-order valence-corrected chi connectivity index (χ1v) is 4.12. The lowest BCUT2D eigenvalue weighted by Gasteiger charge is -2.23. The summed E-state index contributed by atoms with van der Waals surface area (Å²) in [6.07, 6.45) is 12.3. The van der Waals surface area contributed by atoms with Crippen LogP contribution in [0.4, 0.5) is 0 Å². The third kappa shape index (κ3) is 1.40. The lowest BCUT2D eigenvalue weighted by molar-refractivity contribution is -0.114. The van der Waals surface area contributed by atoms with Crippen molar-refractivity contribution < 1.29 is 4.79 Å². The third-order valence-corrected chi connectivity index (χ3v) is 2.03. The SMILES string of the molecule is NC(=O)C1=CC2=CCC=CN2C=C1. The predicted octanol–water partition coefficient (Wildman–Crippen LogP) is 1.03. The summed E-state index contributed by atoms with van der Waals surface area (Å²) in [5, 5.41) is 0. The zero-order chi connectivity index (χ0) is 9.26. The molecule has 2 aliphatic rings. The van der Waals surface area contributed by atoms with Crippen LogP contribution in [0.3, 0.4) is 0 Å². The fraction of sp³-hybridized carbons (Fsp3) is 0.100. The van der Waals surface area contributed by atoms with Crippen LogP contribution in [0.15, 0.2) is 48.0 Å². The van der Waals surface area contributed by atoms with E-state index in [1.54, 1.807) is 12.2 Å². The van der Waals surface area contributed by atoms with Gasteiger partial charge in [-0.15, -0.1) is 0 Å². The molecule has 0 atom stereocenters. The van der Waals surface area contributed by atoms with Crippen LogP contribution < -0.4 is 5.73 Å². The maximum absolute atomic E-state index is 10.9. The molecule has 66 valence electrons. The molecule has 0 saturated carbocycles. The lowest BCUT2D eigenvalue weighted by Crippen LogP contribution is -2.19. The van der Waals surface area contributed by atoms with Crippen molar-refractivity contribution in [1.82, 2.24) is 4.90 Å². The molecule has 0 unspecified atom stereocenters. The predicted molar refractivity (Wildman–Crippen MR) is 50.1 cm³/mol. The largest absolute Gasteiger partial charge is 0.366 e. The Morgan fingerprint density at radius 1 is 1.46 bits per heavy atom. The summed E-state index contributed by atoms with van der Waals surface area (Å²) < 4.78 is 0. The molecule has 3 heteroatoms. The Morgan fingerprint density at radius 3 is 3.08 bits per heavy atom. The van der Waals surface area contributed by atoms with Crippen LogP contribution in [-0.2, 0) is 4.79 Å². The minimum absolute atomic E-state index is 0.383. The first-order valence-electron chi connectivity index (χ1n) is 4.12. The highest BCUT2D eigenvalue weighted by atomic mass is 16.1. The van der Waals surface area contributed by atoms with Crippen LogP contribution in [0.2, 0.25) is 0 Å². The molecule has 0 aromatic carbocycles. The molecule has 3 nitrogen and oxygen atoms in total. The summed E-state index contributed by atoms with van der Waals surface area (Å²) in [6, 6.07) is 0. The van der Waals surface area contributed by atoms with Gasteiger partial charge in [0, 0.05) is 23.7 Å². The van der Waals surface area contributed by atoms with Gasteiger partial charge in [-0.2, -0.15) is 0 Å². The molecule has 0 aromatic heterocycles. The molecule has 0 aromatic rings. The van der Waals surface area contributed by atoms with Crippen molar-refractivity contribution in [1.29, 1.82) is 0 Å². The molecule has 0 aliphatic carbocycles. The van der Waals surface area contributed by atoms with E-state index in [-0.39, 0.29) is 5.91 Å². The topological polar surface area (TPSA) is 46.3 Å². The highest BCUT2D eigenvalue weighted by molar-refractivity contribution is 5.95. The minimum atomic E-state index is -0.383. The van der Waals surface area contributed by atoms with E-state index in [4.69, 9.17) is 5.73 Å². The van der Waals surface area contributed by atoms with Crippen molar-refractivity contribution in [3.63, 3.8) is 0 Å². The monoisotopic (exact) mass is 174 g/mol. The van der Waals surface area contributed by atoms with E-state index in [9.17, 15) is 4.79 Å². The molecular formula is C10H10N2O. The molecule has 2 heterocycles. The molecule has 1 amide bonds. The molecule has 0 fully saturated rings. The lowest BCUT2D eigenvalue weighted by atomic mass is 10.1. The van der Waals surface area contributed by atoms with Crippen LogP contribution in [0, 0.1) is 0 Å². The summed E-state index contributed by atoms with van der Waals surface area (Å²) in [7, 11) is 0. The van der Waals surface area contributed by atoms with E-state index in [1.807, 2.05) is 23.4 Å². The molecule has 2 aliphatic heterocycles. The number of fused-ring (bicyclic) bond motifs is 1. The molecular weight excluding hydrogens is 164 g/mol. The summed E-state index contributed by atoms with van der Waals surface area (Å²) in [5.41, 5.74) is 6.73. The number of hydrogen-bond donors (Lipinski definition) is 1. The number of allylic oxidation sites excluding steroid dienone is 3. The van der Waals surface area contributed by atoms with E-state index in [2.05, 4.69) is 6.08 Å². The maximum atomic E-state index is 10.9. The average molecular weight is 174 g/mol. The van der Waals surface area contributed by atoms with Gasteiger partial charge in [-0.1, -0.05) is 12.2 Å². The van der Waals surface area contributed by atoms with Gasteiger partial charge in [0.05, 0.1) is 0 Å². The fourth-order valence-corrected chi connectivity index (χ4v) is 1.35.